The maximum Gasteiger partial charge on any atom is 0.0431 e. The first kappa shape index (κ1) is 14.3. The molecule has 0 aromatic heterocycles. The van der Waals surface area contributed by atoms with E-state index in [9.17, 15) is 0 Å². The largest absolute Gasteiger partial charge is 0.396 e. The molecule has 2 aliphatic rings. The van der Waals surface area contributed by atoms with E-state index in [0.717, 1.165) is 31.2 Å². The van der Waals surface area contributed by atoms with Crippen LogP contribution in [0.2, 0.25) is 0 Å². The Morgan fingerprint density at radius 2 is 2.11 bits per heavy atom. The third-order valence-corrected chi connectivity index (χ3v) is 4.91. The monoisotopic (exact) mass is 254 g/mol. The Balaban J connectivity index is 1.87. The summed E-state index contributed by atoms with van der Waals surface area (Å²) in [7, 11) is 0. The predicted molar refractivity (Wildman–Crippen MR) is 75.4 cm³/mol. The first-order chi connectivity index (χ1) is 8.69. The van der Waals surface area contributed by atoms with Gasteiger partial charge in [-0.25, -0.2) is 0 Å². The van der Waals surface area contributed by atoms with Crippen LogP contribution in [-0.4, -0.2) is 29.8 Å². The normalized spacial score (nSPS) is 34.5. The maximum atomic E-state index is 8.91. The topological polar surface area (TPSA) is 58.3 Å². The molecule has 3 unspecified atom stereocenters. The fourth-order valence-corrected chi connectivity index (χ4v) is 3.75. The van der Waals surface area contributed by atoms with Gasteiger partial charge in [0.25, 0.3) is 0 Å². The van der Waals surface area contributed by atoms with Crippen LogP contribution in [0.5, 0.6) is 0 Å². The van der Waals surface area contributed by atoms with Crippen LogP contribution in [0, 0.1) is 11.8 Å². The van der Waals surface area contributed by atoms with Crippen molar-refractivity contribution in [2.75, 3.05) is 13.2 Å². The second-order valence-electron chi connectivity index (χ2n) is 6.59. The van der Waals surface area contributed by atoms with Gasteiger partial charge in [-0.05, 0) is 57.3 Å². The van der Waals surface area contributed by atoms with Crippen LogP contribution in [0.3, 0.4) is 0 Å². The molecule has 0 aromatic rings. The van der Waals surface area contributed by atoms with E-state index in [1.54, 1.807) is 0 Å². The van der Waals surface area contributed by atoms with Gasteiger partial charge in [0.1, 0.15) is 0 Å². The van der Waals surface area contributed by atoms with E-state index in [1.807, 2.05) is 0 Å². The lowest BCUT2D eigenvalue weighted by molar-refractivity contribution is 0.152. The van der Waals surface area contributed by atoms with Crippen molar-refractivity contribution in [2.45, 2.75) is 69.9 Å². The molecule has 3 heteroatoms. The van der Waals surface area contributed by atoms with Gasteiger partial charge in [0.2, 0.25) is 0 Å². The molecule has 0 spiro atoms. The van der Waals surface area contributed by atoms with Gasteiger partial charge in [-0.2, -0.15) is 0 Å². The van der Waals surface area contributed by atoms with Gasteiger partial charge in [0.15, 0.2) is 0 Å². The van der Waals surface area contributed by atoms with Crippen molar-refractivity contribution in [1.82, 2.24) is 5.32 Å². The molecule has 0 saturated heterocycles. The summed E-state index contributed by atoms with van der Waals surface area (Å²) in [6, 6.07) is 0.471. The molecular formula is C15H30N2O. The van der Waals surface area contributed by atoms with Crippen LogP contribution in [-0.2, 0) is 0 Å². The van der Waals surface area contributed by atoms with Crippen LogP contribution >= 0.6 is 0 Å². The third-order valence-electron chi connectivity index (χ3n) is 4.91. The maximum absolute atomic E-state index is 8.91. The minimum Gasteiger partial charge on any atom is -0.396 e. The van der Waals surface area contributed by atoms with E-state index < -0.39 is 0 Å². The highest BCUT2D eigenvalue weighted by Gasteiger charge is 2.41. The zero-order valence-corrected chi connectivity index (χ0v) is 11.8. The quantitative estimate of drug-likeness (QED) is 0.651. The molecule has 4 N–H and O–H groups in total. The molecule has 2 rings (SSSR count). The minimum atomic E-state index is 0.181. The Labute approximate surface area is 112 Å². The Kier molecular flexibility index (Phi) is 5.05. The smallest absolute Gasteiger partial charge is 0.0431 e. The van der Waals surface area contributed by atoms with Crippen molar-refractivity contribution in [2.24, 2.45) is 17.6 Å². The summed E-state index contributed by atoms with van der Waals surface area (Å²) in [5.41, 5.74) is 6.27. The number of aliphatic hydroxyl groups excluding tert-OH is 1. The van der Waals surface area contributed by atoms with E-state index in [4.69, 9.17) is 10.8 Å². The zero-order valence-electron chi connectivity index (χ0n) is 11.8. The second kappa shape index (κ2) is 6.36. The number of aliphatic hydroxyl groups is 1. The van der Waals surface area contributed by atoms with E-state index in [1.165, 1.54) is 38.5 Å². The molecule has 0 radical (unpaired) electrons. The van der Waals surface area contributed by atoms with Crippen molar-refractivity contribution in [3.8, 4) is 0 Å². The lowest BCUT2D eigenvalue weighted by atomic mass is 9.73. The zero-order chi connectivity index (χ0) is 13.0. The summed E-state index contributed by atoms with van der Waals surface area (Å²) >= 11 is 0. The van der Waals surface area contributed by atoms with Crippen LogP contribution in [0.15, 0.2) is 0 Å². The summed E-state index contributed by atoms with van der Waals surface area (Å²) in [5, 5.41) is 12.7. The number of hydrogen-bond donors (Lipinski definition) is 3. The Hall–Kier alpha value is -0.120. The molecule has 106 valence electrons. The van der Waals surface area contributed by atoms with Gasteiger partial charge < -0.3 is 16.2 Å². The van der Waals surface area contributed by atoms with Crippen molar-refractivity contribution in [3.05, 3.63) is 0 Å². The van der Waals surface area contributed by atoms with Gasteiger partial charge in [0.05, 0.1) is 0 Å². The van der Waals surface area contributed by atoms with E-state index in [2.05, 4.69) is 12.2 Å². The number of nitrogens with two attached hydrogens (primary N) is 1. The van der Waals surface area contributed by atoms with Gasteiger partial charge >= 0.3 is 0 Å². The summed E-state index contributed by atoms with van der Waals surface area (Å²) in [6.45, 7) is 3.29. The molecule has 2 saturated carbocycles. The third kappa shape index (κ3) is 3.69. The molecule has 2 aliphatic carbocycles. The SMILES string of the molecule is CC(CCCO)NC1(CN)CCCC(C2CC2)C1. The second-order valence-corrected chi connectivity index (χ2v) is 6.59. The molecule has 0 amide bonds. The van der Waals surface area contributed by atoms with Crippen molar-refractivity contribution in [1.29, 1.82) is 0 Å². The van der Waals surface area contributed by atoms with Crippen LogP contribution < -0.4 is 11.1 Å². The Morgan fingerprint density at radius 1 is 1.33 bits per heavy atom. The van der Waals surface area contributed by atoms with Crippen molar-refractivity contribution in [3.63, 3.8) is 0 Å². The minimum absolute atomic E-state index is 0.181. The van der Waals surface area contributed by atoms with Crippen LogP contribution in [0.4, 0.5) is 0 Å². The van der Waals surface area contributed by atoms with Crippen molar-refractivity contribution < 1.29 is 5.11 Å². The lowest BCUT2D eigenvalue weighted by Gasteiger charge is -2.43. The highest BCUT2D eigenvalue weighted by atomic mass is 16.2. The molecule has 3 nitrogen and oxygen atoms in total. The molecule has 2 fully saturated rings. The number of hydrogen-bond acceptors (Lipinski definition) is 3. The van der Waals surface area contributed by atoms with Crippen molar-refractivity contribution >= 4 is 0 Å². The van der Waals surface area contributed by atoms with Gasteiger partial charge in [0, 0.05) is 24.7 Å². The average molecular weight is 254 g/mol. The van der Waals surface area contributed by atoms with Crippen LogP contribution in [0.1, 0.15) is 58.3 Å². The molecule has 0 aromatic carbocycles. The molecular weight excluding hydrogens is 224 g/mol. The van der Waals surface area contributed by atoms with Gasteiger partial charge in [-0.3, -0.25) is 0 Å². The summed E-state index contributed by atoms with van der Waals surface area (Å²) < 4.78 is 0. The molecule has 0 heterocycles. The molecule has 0 bridgehead atoms. The number of nitrogens with one attached hydrogen (secondary N) is 1. The molecule has 0 aliphatic heterocycles. The van der Waals surface area contributed by atoms with Gasteiger partial charge in [-0.15, -0.1) is 0 Å². The fourth-order valence-electron chi connectivity index (χ4n) is 3.75. The van der Waals surface area contributed by atoms with E-state index in [0.29, 0.717) is 12.6 Å². The first-order valence-corrected chi connectivity index (χ1v) is 7.78. The van der Waals surface area contributed by atoms with E-state index >= 15 is 0 Å². The molecule has 18 heavy (non-hydrogen) atoms. The summed E-state index contributed by atoms with van der Waals surface area (Å²) in [6.07, 6.45) is 10.1. The predicted octanol–water partition coefficient (Wildman–Crippen LogP) is 2.03. The Bertz CT molecular complexity index is 255. The summed E-state index contributed by atoms with van der Waals surface area (Å²) in [4.78, 5) is 0. The average Bonchev–Trinajstić information content (AvgIpc) is 3.21. The molecule has 3 atom stereocenters. The Morgan fingerprint density at radius 3 is 2.72 bits per heavy atom. The van der Waals surface area contributed by atoms with Crippen LogP contribution in [0.25, 0.3) is 0 Å². The lowest BCUT2D eigenvalue weighted by Crippen LogP contribution is -2.57. The van der Waals surface area contributed by atoms with Gasteiger partial charge in [-0.1, -0.05) is 12.8 Å². The highest BCUT2D eigenvalue weighted by Crippen LogP contribution is 2.46. The summed E-state index contributed by atoms with van der Waals surface area (Å²) in [5.74, 6) is 1.92. The first-order valence-electron chi connectivity index (χ1n) is 7.78. The standard InChI is InChI=1S/C15H30N2O/c1-12(4-3-9-18)17-15(11-16)8-2-5-14(10-15)13-6-7-13/h12-14,17-18H,2-11,16H2,1H3. The van der Waals surface area contributed by atoms with E-state index in [-0.39, 0.29) is 5.54 Å². The highest BCUT2D eigenvalue weighted by molar-refractivity contribution is 4.99. The number of rotatable bonds is 7. The fraction of sp³-hybridized carbons (Fsp3) is 1.00.